The number of amides is 1. The van der Waals surface area contributed by atoms with Crippen molar-refractivity contribution in [2.24, 2.45) is 0 Å². The van der Waals surface area contributed by atoms with Crippen molar-refractivity contribution in [1.82, 2.24) is 34.1 Å². The number of carbonyl (C=O) groups excluding carboxylic acids is 1. The molecule has 2 aliphatic rings. The molecule has 0 bridgehead atoms. The minimum absolute atomic E-state index is 0.264. The monoisotopic (exact) mass is 617 g/mol. The second-order valence-corrected chi connectivity index (χ2v) is 19.9. The van der Waals surface area contributed by atoms with Crippen molar-refractivity contribution in [3.05, 3.63) is 31.0 Å². The number of nitrogens with zero attached hydrogens (tertiary/aromatic N) is 9. The van der Waals surface area contributed by atoms with Gasteiger partial charge in [0, 0.05) is 56.1 Å². The summed E-state index contributed by atoms with van der Waals surface area (Å²) in [6.45, 7) is 15.6. The van der Waals surface area contributed by atoms with Gasteiger partial charge in [0.2, 0.25) is 0 Å². The number of aromatic nitrogens is 5. The molecule has 2 fully saturated rings. The highest BCUT2D eigenvalue weighted by Gasteiger charge is 2.54. The molecule has 0 atom stereocenters. The number of hydrogen-bond donors (Lipinski definition) is 0. The second-order valence-electron chi connectivity index (χ2n) is 14.3. The molecule has 0 spiro atoms. The Kier molecular flexibility index (Phi) is 8.60. The Labute approximate surface area is 260 Å². The normalized spacial score (nSPS) is 18.4. The van der Waals surface area contributed by atoms with Crippen LogP contribution in [0.15, 0.2) is 31.0 Å². The third-order valence-electron chi connectivity index (χ3n) is 8.56. The Balaban J connectivity index is 1.28. The zero-order valence-corrected chi connectivity index (χ0v) is 27.7. The summed E-state index contributed by atoms with van der Waals surface area (Å²) in [5.41, 5.74) is 0.583. The summed E-state index contributed by atoms with van der Waals surface area (Å²) in [4.78, 5) is 25.5. The van der Waals surface area contributed by atoms with Gasteiger partial charge >= 0.3 is 6.09 Å². The van der Waals surface area contributed by atoms with Gasteiger partial charge in [-0.15, -0.1) is 14.1 Å². The fourth-order valence-corrected chi connectivity index (χ4v) is 6.68. The Hall–Kier alpha value is -3.78. The van der Waals surface area contributed by atoms with Crippen LogP contribution in [0.2, 0.25) is 25.7 Å². The summed E-state index contributed by atoms with van der Waals surface area (Å²) in [5.74, 6) is 0. The van der Waals surface area contributed by atoms with Crippen molar-refractivity contribution in [1.29, 1.82) is 10.5 Å². The molecule has 235 valence electrons. The van der Waals surface area contributed by atoms with Crippen LogP contribution >= 0.6 is 0 Å². The number of nitriles is 2. The molecule has 5 heterocycles. The van der Waals surface area contributed by atoms with Crippen molar-refractivity contribution < 1.29 is 14.3 Å². The summed E-state index contributed by atoms with van der Waals surface area (Å²) in [6, 6.07) is 7.99. The van der Waals surface area contributed by atoms with Gasteiger partial charge in [-0.25, -0.2) is 14.8 Å². The third kappa shape index (κ3) is 6.50. The predicted octanol–water partition coefficient (Wildman–Crippen LogP) is 4.82. The molecule has 0 aliphatic carbocycles. The van der Waals surface area contributed by atoms with Gasteiger partial charge in [0.15, 0.2) is 0 Å². The topological polar surface area (TPSA) is 138 Å². The summed E-state index contributed by atoms with van der Waals surface area (Å²) < 4.78 is 15.3. The zero-order chi connectivity index (χ0) is 31.8. The number of carbonyl (C=O) groups is 1. The van der Waals surface area contributed by atoms with E-state index in [0.29, 0.717) is 45.8 Å². The molecular weight excluding hydrogens is 574 g/mol. The molecule has 3 aromatic heterocycles. The molecule has 12 nitrogen and oxygen atoms in total. The number of fused-ring (bicyclic) bond motifs is 1. The SMILES string of the molecule is CC(C)(C)OC(=O)N1CCC(C#N)(N2CC(CC#N)(n3cc(-c4ncnc5c4ccn5COCC[Si-](C)(C)C)cn3)C2)CC1. The molecule has 2 saturated heterocycles. The molecule has 0 saturated carbocycles. The van der Waals surface area contributed by atoms with Crippen LogP contribution in [-0.4, -0.2) is 92.2 Å². The highest BCUT2D eigenvalue weighted by molar-refractivity contribution is 6.76. The van der Waals surface area contributed by atoms with E-state index in [1.807, 2.05) is 48.5 Å². The summed E-state index contributed by atoms with van der Waals surface area (Å²) in [6.07, 6.45) is 8.22. The summed E-state index contributed by atoms with van der Waals surface area (Å²) in [5, 5.41) is 25.7. The number of hydrogen-bond acceptors (Lipinski definition) is 9. The smallest absolute Gasteiger partial charge is 0.410 e. The van der Waals surface area contributed by atoms with E-state index < -0.39 is 24.8 Å². The van der Waals surface area contributed by atoms with Gasteiger partial charge in [0.25, 0.3) is 0 Å². The lowest BCUT2D eigenvalue weighted by atomic mass is 9.77. The van der Waals surface area contributed by atoms with Crippen molar-refractivity contribution in [2.75, 3.05) is 32.8 Å². The van der Waals surface area contributed by atoms with E-state index in [0.717, 1.165) is 34.9 Å². The first-order valence-corrected chi connectivity index (χ1v) is 18.9. The van der Waals surface area contributed by atoms with Crippen LogP contribution in [0.4, 0.5) is 4.79 Å². The highest BCUT2D eigenvalue weighted by Crippen LogP contribution is 2.42. The maximum atomic E-state index is 12.6. The van der Waals surface area contributed by atoms with Gasteiger partial charge in [-0.05, 0) is 39.7 Å². The first-order valence-electron chi connectivity index (χ1n) is 15.2. The van der Waals surface area contributed by atoms with Crippen LogP contribution in [0.3, 0.4) is 0 Å². The van der Waals surface area contributed by atoms with Crippen LogP contribution in [0.5, 0.6) is 0 Å². The molecule has 0 unspecified atom stereocenters. The number of rotatable bonds is 9. The summed E-state index contributed by atoms with van der Waals surface area (Å²) >= 11 is 0. The van der Waals surface area contributed by atoms with Gasteiger partial charge in [-0.2, -0.15) is 35.3 Å². The molecule has 1 amide bonds. The van der Waals surface area contributed by atoms with Gasteiger partial charge in [0.05, 0.1) is 30.5 Å². The van der Waals surface area contributed by atoms with Crippen LogP contribution in [0.25, 0.3) is 22.3 Å². The van der Waals surface area contributed by atoms with E-state index in [9.17, 15) is 15.3 Å². The molecular formula is C31H43N9O3Si-. The van der Waals surface area contributed by atoms with Gasteiger partial charge in [-0.1, -0.05) is 0 Å². The van der Waals surface area contributed by atoms with Crippen molar-refractivity contribution in [3.8, 4) is 23.4 Å². The maximum Gasteiger partial charge on any atom is 0.410 e. The van der Waals surface area contributed by atoms with Crippen molar-refractivity contribution in [3.63, 3.8) is 0 Å². The number of likely N-dealkylation sites (tertiary alicyclic amines) is 2. The molecule has 0 radical (unpaired) electrons. The van der Waals surface area contributed by atoms with Crippen LogP contribution < -0.4 is 0 Å². The lowest BCUT2D eigenvalue weighted by molar-refractivity contribution is -0.0729. The summed E-state index contributed by atoms with van der Waals surface area (Å²) in [7, 11) is -1.17. The highest BCUT2D eigenvalue weighted by atomic mass is 28.3. The van der Waals surface area contributed by atoms with E-state index in [2.05, 4.69) is 46.6 Å². The second kappa shape index (κ2) is 12.0. The van der Waals surface area contributed by atoms with Gasteiger partial charge in [0.1, 0.15) is 35.4 Å². The van der Waals surface area contributed by atoms with E-state index in [4.69, 9.17) is 14.6 Å². The van der Waals surface area contributed by atoms with E-state index in [-0.39, 0.29) is 12.5 Å². The number of piperidine rings is 1. The Bertz CT molecular complexity index is 1570. The predicted molar refractivity (Wildman–Crippen MR) is 168 cm³/mol. The molecule has 3 aromatic rings. The Morgan fingerprint density at radius 1 is 1.14 bits per heavy atom. The first kappa shape index (κ1) is 31.6. The van der Waals surface area contributed by atoms with Crippen LogP contribution in [0, 0.1) is 22.7 Å². The van der Waals surface area contributed by atoms with Crippen molar-refractivity contribution in [2.45, 2.75) is 89.1 Å². The Morgan fingerprint density at radius 2 is 1.86 bits per heavy atom. The average Bonchev–Trinajstić information content (AvgIpc) is 3.59. The van der Waals surface area contributed by atoms with Crippen LogP contribution in [-0.2, 0) is 21.7 Å². The minimum atomic E-state index is -1.17. The molecule has 13 heteroatoms. The van der Waals surface area contributed by atoms with E-state index in [1.54, 1.807) is 17.4 Å². The minimum Gasteiger partial charge on any atom is -0.444 e. The van der Waals surface area contributed by atoms with E-state index >= 15 is 0 Å². The zero-order valence-electron chi connectivity index (χ0n) is 26.7. The molecule has 5 rings (SSSR count). The van der Waals surface area contributed by atoms with E-state index in [1.165, 1.54) is 0 Å². The fourth-order valence-electron chi connectivity index (χ4n) is 5.92. The largest absolute Gasteiger partial charge is 0.444 e. The van der Waals surface area contributed by atoms with Crippen LogP contribution in [0.1, 0.15) is 40.0 Å². The van der Waals surface area contributed by atoms with Gasteiger partial charge in [-0.3, -0.25) is 9.58 Å². The first-order chi connectivity index (χ1) is 20.8. The van der Waals surface area contributed by atoms with Gasteiger partial charge < -0.3 is 18.9 Å². The molecule has 2 aliphatic heterocycles. The average molecular weight is 618 g/mol. The number of ether oxygens (including phenoxy) is 2. The molecule has 0 N–H and O–H groups in total. The molecule has 0 aromatic carbocycles. The Morgan fingerprint density at radius 3 is 2.50 bits per heavy atom. The van der Waals surface area contributed by atoms with Crippen molar-refractivity contribution >= 4 is 25.2 Å². The standard InChI is InChI=1S/C31H43N9O3Si/c1-29(2,3)43-28(41)37-13-9-30(19-33,10-14-37)39-20-31(21-39,8-11-32)40-18-24(17-36-40)26-25-7-12-38(27(25)35-22-34-26)23-42-15-16-44(4,5)6/h7,12,17-18,22H,8-10,13-16,20-21,23H2,1-6H3/q-1. The lowest BCUT2D eigenvalue weighted by Crippen LogP contribution is -2.71. The molecule has 44 heavy (non-hydrogen) atoms. The lowest BCUT2D eigenvalue weighted by Gasteiger charge is -2.56. The quantitative estimate of drug-likeness (QED) is 0.244. The maximum absolute atomic E-state index is 12.6. The third-order valence-corrected chi connectivity index (χ3v) is 10.3. The fraction of sp³-hybridized carbons (Fsp3) is 0.613.